The van der Waals surface area contributed by atoms with Crippen LogP contribution in [0.1, 0.15) is 18.9 Å². The average Bonchev–Trinajstić information content (AvgIpc) is 2.46. The Morgan fingerprint density at radius 3 is 2.24 bits per heavy atom. The third-order valence-electron chi connectivity index (χ3n) is 3.16. The maximum Gasteiger partial charge on any atom is 0.239 e. The Kier molecular flexibility index (Phi) is 4.85. The van der Waals surface area contributed by atoms with Gasteiger partial charge >= 0.3 is 0 Å². The van der Waals surface area contributed by atoms with Crippen LogP contribution in [0.4, 0.5) is 11.4 Å². The van der Waals surface area contributed by atoms with Gasteiger partial charge in [-0.2, -0.15) is 0 Å². The molecule has 0 unspecified atom stereocenters. The largest absolute Gasteiger partial charge is 0.397 e. The van der Waals surface area contributed by atoms with Crippen molar-refractivity contribution in [2.75, 3.05) is 16.6 Å². The van der Waals surface area contributed by atoms with Gasteiger partial charge in [-0.25, -0.2) is 8.42 Å². The third-order valence-corrected chi connectivity index (χ3v) is 4.91. The molecular formula is C16H20N2O2S. The van der Waals surface area contributed by atoms with Crippen LogP contribution >= 0.6 is 0 Å². The molecule has 0 bridgehead atoms. The fourth-order valence-electron chi connectivity index (χ4n) is 2.19. The van der Waals surface area contributed by atoms with E-state index < -0.39 is 10.0 Å². The summed E-state index contributed by atoms with van der Waals surface area (Å²) in [5.74, 6) is -0.0256. The molecule has 5 heteroatoms. The van der Waals surface area contributed by atoms with Crippen molar-refractivity contribution in [3.05, 3.63) is 60.2 Å². The Morgan fingerprint density at radius 1 is 1.00 bits per heavy atom. The summed E-state index contributed by atoms with van der Waals surface area (Å²) in [6.07, 6.45) is 0.725. The Bertz CT molecular complexity index is 684. The second-order valence-electron chi connectivity index (χ2n) is 4.87. The van der Waals surface area contributed by atoms with E-state index in [0.29, 0.717) is 17.9 Å². The highest BCUT2D eigenvalue weighted by molar-refractivity contribution is 7.92. The number of nitrogen functional groups attached to an aromatic ring is 1. The van der Waals surface area contributed by atoms with Crippen molar-refractivity contribution in [3.63, 3.8) is 0 Å². The van der Waals surface area contributed by atoms with Gasteiger partial charge in [0.05, 0.1) is 17.1 Å². The van der Waals surface area contributed by atoms with Crippen LogP contribution in [0.5, 0.6) is 0 Å². The summed E-state index contributed by atoms with van der Waals surface area (Å²) < 4.78 is 26.8. The zero-order valence-corrected chi connectivity index (χ0v) is 12.9. The van der Waals surface area contributed by atoms with Crippen molar-refractivity contribution < 1.29 is 8.42 Å². The molecule has 0 fully saturated rings. The molecule has 0 saturated carbocycles. The molecule has 0 radical (unpaired) electrons. The number of nitrogens with zero attached hydrogens (tertiary/aromatic N) is 1. The van der Waals surface area contributed by atoms with E-state index in [1.54, 1.807) is 24.3 Å². The van der Waals surface area contributed by atoms with Crippen LogP contribution in [0.3, 0.4) is 0 Å². The minimum atomic E-state index is -3.46. The molecule has 4 nitrogen and oxygen atoms in total. The third kappa shape index (κ3) is 3.76. The Morgan fingerprint density at radius 2 is 1.62 bits per heavy atom. The molecule has 2 aromatic carbocycles. The van der Waals surface area contributed by atoms with Gasteiger partial charge in [0.15, 0.2) is 0 Å². The molecule has 0 spiro atoms. The number of sulfonamides is 1. The molecule has 0 aliphatic rings. The van der Waals surface area contributed by atoms with E-state index in [-0.39, 0.29) is 5.75 Å². The maximum atomic E-state index is 12.7. The predicted octanol–water partition coefficient (Wildman–Crippen LogP) is 3.02. The number of benzene rings is 2. The molecule has 0 aliphatic heterocycles. The summed E-state index contributed by atoms with van der Waals surface area (Å²) >= 11 is 0. The van der Waals surface area contributed by atoms with Crippen LogP contribution < -0.4 is 10.0 Å². The van der Waals surface area contributed by atoms with Gasteiger partial charge in [-0.15, -0.1) is 0 Å². The van der Waals surface area contributed by atoms with E-state index in [4.69, 9.17) is 5.73 Å². The second-order valence-corrected chi connectivity index (χ2v) is 6.77. The first-order chi connectivity index (χ1) is 10.0. The van der Waals surface area contributed by atoms with Crippen molar-refractivity contribution in [1.82, 2.24) is 0 Å². The lowest BCUT2D eigenvalue weighted by Gasteiger charge is -2.25. The Hall–Kier alpha value is -2.01. The number of hydrogen-bond donors (Lipinski definition) is 1. The van der Waals surface area contributed by atoms with Crippen LogP contribution in [0.25, 0.3) is 0 Å². The quantitative estimate of drug-likeness (QED) is 0.834. The van der Waals surface area contributed by atoms with Gasteiger partial charge in [0.25, 0.3) is 0 Å². The van der Waals surface area contributed by atoms with Gasteiger partial charge in [-0.3, -0.25) is 4.31 Å². The number of hydrogen-bond acceptors (Lipinski definition) is 3. The Balaban J connectivity index is 2.35. The van der Waals surface area contributed by atoms with Gasteiger partial charge < -0.3 is 5.73 Å². The number of nitrogens with two attached hydrogens (primary N) is 1. The molecule has 2 N–H and O–H groups in total. The zero-order valence-electron chi connectivity index (χ0n) is 12.1. The van der Waals surface area contributed by atoms with E-state index >= 15 is 0 Å². The first-order valence-corrected chi connectivity index (χ1v) is 8.54. The average molecular weight is 304 g/mol. The van der Waals surface area contributed by atoms with Crippen LogP contribution in [0.15, 0.2) is 54.6 Å². The van der Waals surface area contributed by atoms with Crippen molar-refractivity contribution in [1.29, 1.82) is 0 Å². The van der Waals surface area contributed by atoms with Crippen LogP contribution in [-0.2, 0) is 15.8 Å². The monoisotopic (exact) mass is 304 g/mol. The van der Waals surface area contributed by atoms with E-state index in [9.17, 15) is 8.42 Å². The van der Waals surface area contributed by atoms with Crippen molar-refractivity contribution in [2.45, 2.75) is 19.1 Å². The number of para-hydroxylation sites is 2. The number of anilines is 2. The maximum absolute atomic E-state index is 12.7. The smallest absolute Gasteiger partial charge is 0.239 e. The van der Waals surface area contributed by atoms with Crippen LogP contribution in [0.2, 0.25) is 0 Å². The van der Waals surface area contributed by atoms with Gasteiger partial charge in [0, 0.05) is 6.54 Å². The lowest BCUT2D eigenvalue weighted by molar-refractivity contribution is 0.589. The summed E-state index contributed by atoms with van der Waals surface area (Å²) in [5.41, 5.74) is 7.73. The molecule has 0 amide bonds. The first kappa shape index (κ1) is 15.4. The van der Waals surface area contributed by atoms with Gasteiger partial charge in [-0.1, -0.05) is 49.4 Å². The summed E-state index contributed by atoms with van der Waals surface area (Å²) in [7, 11) is -3.46. The fourth-order valence-corrected chi connectivity index (χ4v) is 3.89. The lowest BCUT2D eigenvalue weighted by Crippen LogP contribution is -2.33. The minimum Gasteiger partial charge on any atom is -0.397 e. The summed E-state index contributed by atoms with van der Waals surface area (Å²) in [4.78, 5) is 0. The molecule has 2 aromatic rings. The van der Waals surface area contributed by atoms with E-state index in [1.807, 2.05) is 37.3 Å². The molecule has 112 valence electrons. The lowest BCUT2D eigenvalue weighted by atomic mass is 10.2. The van der Waals surface area contributed by atoms with Crippen LogP contribution in [-0.4, -0.2) is 15.0 Å². The molecule has 21 heavy (non-hydrogen) atoms. The summed E-state index contributed by atoms with van der Waals surface area (Å²) in [6, 6.07) is 16.2. The topological polar surface area (TPSA) is 63.4 Å². The van der Waals surface area contributed by atoms with Crippen molar-refractivity contribution in [3.8, 4) is 0 Å². The standard InChI is InChI=1S/C16H20N2O2S/c1-2-12-18(16-11-7-6-10-15(16)17)21(19,20)13-14-8-4-3-5-9-14/h3-11H,2,12-13,17H2,1H3. The fraction of sp³-hybridized carbons (Fsp3) is 0.250. The summed E-state index contributed by atoms with van der Waals surface area (Å²) in [6.45, 7) is 2.37. The van der Waals surface area contributed by atoms with E-state index in [2.05, 4.69) is 0 Å². The number of rotatable bonds is 6. The van der Waals surface area contributed by atoms with Crippen molar-refractivity contribution in [2.24, 2.45) is 0 Å². The van der Waals surface area contributed by atoms with E-state index in [0.717, 1.165) is 12.0 Å². The zero-order chi connectivity index (χ0) is 15.3. The Labute approximate surface area is 126 Å². The molecule has 0 aromatic heterocycles. The molecular weight excluding hydrogens is 284 g/mol. The predicted molar refractivity (Wildman–Crippen MR) is 87.6 cm³/mol. The highest BCUT2D eigenvalue weighted by atomic mass is 32.2. The second kappa shape index (κ2) is 6.63. The van der Waals surface area contributed by atoms with Crippen LogP contribution in [0, 0.1) is 0 Å². The SMILES string of the molecule is CCCN(c1ccccc1N)S(=O)(=O)Cc1ccccc1. The normalized spacial score (nSPS) is 11.3. The molecule has 2 rings (SSSR count). The molecule has 0 heterocycles. The van der Waals surface area contributed by atoms with Gasteiger partial charge in [0.2, 0.25) is 10.0 Å². The van der Waals surface area contributed by atoms with Gasteiger partial charge in [0.1, 0.15) is 0 Å². The highest BCUT2D eigenvalue weighted by Crippen LogP contribution is 2.27. The summed E-state index contributed by atoms with van der Waals surface area (Å²) in [5, 5.41) is 0. The highest BCUT2D eigenvalue weighted by Gasteiger charge is 2.23. The van der Waals surface area contributed by atoms with Gasteiger partial charge in [-0.05, 0) is 24.1 Å². The molecule has 0 atom stereocenters. The first-order valence-electron chi connectivity index (χ1n) is 6.93. The van der Waals surface area contributed by atoms with Crippen molar-refractivity contribution >= 4 is 21.4 Å². The minimum absolute atomic E-state index is 0.0256. The molecule has 0 aliphatic carbocycles. The molecule has 0 saturated heterocycles. The van der Waals surface area contributed by atoms with E-state index in [1.165, 1.54) is 4.31 Å².